The Balaban J connectivity index is 1.38. The zero-order valence-electron chi connectivity index (χ0n) is 15.7. The van der Waals surface area contributed by atoms with Crippen LogP contribution in [0, 0.1) is 0 Å². The van der Waals surface area contributed by atoms with Crippen molar-refractivity contribution in [2.24, 2.45) is 14.1 Å². The molecular formula is C19H25N7O. The van der Waals surface area contributed by atoms with Crippen LogP contribution < -0.4 is 5.32 Å². The van der Waals surface area contributed by atoms with E-state index in [-0.39, 0.29) is 11.9 Å². The first-order valence-electron chi connectivity index (χ1n) is 9.22. The van der Waals surface area contributed by atoms with Gasteiger partial charge in [0.25, 0.3) is 5.91 Å². The van der Waals surface area contributed by atoms with E-state index in [4.69, 9.17) is 0 Å². The highest BCUT2D eigenvalue weighted by Crippen LogP contribution is 2.24. The number of aromatic nitrogens is 5. The quantitative estimate of drug-likeness (QED) is 0.713. The van der Waals surface area contributed by atoms with Gasteiger partial charge >= 0.3 is 0 Å². The lowest BCUT2D eigenvalue weighted by atomic mass is 10.1. The van der Waals surface area contributed by atoms with Crippen LogP contribution >= 0.6 is 0 Å². The number of amides is 1. The molecule has 4 rings (SSSR count). The van der Waals surface area contributed by atoms with Crippen LogP contribution in [0.25, 0.3) is 0 Å². The van der Waals surface area contributed by atoms with Crippen LogP contribution in [0.4, 0.5) is 0 Å². The van der Waals surface area contributed by atoms with Gasteiger partial charge in [0.05, 0.1) is 17.9 Å². The molecule has 0 fully saturated rings. The van der Waals surface area contributed by atoms with Crippen molar-refractivity contribution < 1.29 is 4.79 Å². The first kappa shape index (κ1) is 17.5. The molecule has 1 aliphatic rings. The number of rotatable bonds is 6. The number of aryl methyl sites for hydroxylation is 2. The standard InChI is InChI=1S/C19H25N7O/c1-23-9-3-4-18(23)19(27)20-7-5-16-13-25(12-15-10-22-24(2)11-15)14-17-6-8-21-26(16)17/h3-4,6,8-11,16H,5,7,12-14H2,1-2H3,(H,20,27). The van der Waals surface area contributed by atoms with Crippen molar-refractivity contribution in [3.63, 3.8) is 0 Å². The van der Waals surface area contributed by atoms with Crippen molar-refractivity contribution >= 4 is 5.91 Å². The van der Waals surface area contributed by atoms with Gasteiger partial charge in [-0.3, -0.25) is 19.1 Å². The zero-order valence-corrected chi connectivity index (χ0v) is 15.7. The van der Waals surface area contributed by atoms with E-state index in [0.717, 1.165) is 26.1 Å². The summed E-state index contributed by atoms with van der Waals surface area (Å²) in [5.74, 6) is -0.0359. The van der Waals surface area contributed by atoms with Crippen LogP contribution in [0.15, 0.2) is 43.0 Å². The molecule has 1 unspecified atom stereocenters. The van der Waals surface area contributed by atoms with Crippen molar-refractivity contribution in [2.45, 2.75) is 25.6 Å². The SMILES string of the molecule is Cn1cc(CN2Cc3ccnn3C(CCNC(=O)c3cccn3C)C2)cn1. The van der Waals surface area contributed by atoms with Gasteiger partial charge in [0, 0.05) is 64.4 Å². The molecule has 3 aromatic heterocycles. The van der Waals surface area contributed by atoms with E-state index in [2.05, 4.69) is 37.4 Å². The van der Waals surface area contributed by atoms with E-state index in [1.54, 1.807) is 0 Å². The summed E-state index contributed by atoms with van der Waals surface area (Å²) in [4.78, 5) is 14.7. The molecule has 1 N–H and O–H groups in total. The summed E-state index contributed by atoms with van der Waals surface area (Å²) in [6.07, 6.45) is 8.55. The number of carbonyl (C=O) groups excluding carboxylic acids is 1. The molecule has 8 heteroatoms. The minimum Gasteiger partial charge on any atom is -0.351 e. The van der Waals surface area contributed by atoms with Crippen LogP contribution in [0.1, 0.15) is 34.2 Å². The minimum absolute atomic E-state index is 0.0359. The van der Waals surface area contributed by atoms with Crippen molar-refractivity contribution in [1.29, 1.82) is 0 Å². The summed E-state index contributed by atoms with van der Waals surface area (Å²) in [5, 5.41) is 11.8. The highest BCUT2D eigenvalue weighted by atomic mass is 16.1. The fraction of sp³-hybridized carbons (Fsp3) is 0.421. The van der Waals surface area contributed by atoms with Gasteiger partial charge in [0.1, 0.15) is 5.69 Å². The molecule has 0 saturated carbocycles. The molecule has 1 amide bonds. The maximum Gasteiger partial charge on any atom is 0.267 e. The molecule has 0 aliphatic carbocycles. The van der Waals surface area contributed by atoms with Gasteiger partial charge < -0.3 is 9.88 Å². The Hall–Kier alpha value is -2.87. The monoisotopic (exact) mass is 367 g/mol. The highest BCUT2D eigenvalue weighted by Gasteiger charge is 2.25. The van der Waals surface area contributed by atoms with Gasteiger partial charge in [-0.1, -0.05) is 0 Å². The Bertz CT molecular complexity index is 922. The highest BCUT2D eigenvalue weighted by molar-refractivity contribution is 5.92. The second-order valence-electron chi connectivity index (χ2n) is 7.16. The maximum atomic E-state index is 12.3. The first-order valence-corrected chi connectivity index (χ1v) is 9.22. The third kappa shape index (κ3) is 3.80. The van der Waals surface area contributed by atoms with Gasteiger partial charge in [-0.25, -0.2) is 0 Å². The second kappa shape index (κ2) is 7.40. The fourth-order valence-electron chi connectivity index (χ4n) is 3.75. The number of hydrogen-bond acceptors (Lipinski definition) is 4. The average Bonchev–Trinajstić information content (AvgIpc) is 3.36. The van der Waals surface area contributed by atoms with Crippen LogP contribution in [0.3, 0.4) is 0 Å². The molecule has 1 aliphatic heterocycles. The summed E-state index contributed by atoms with van der Waals surface area (Å²) in [7, 11) is 3.81. The van der Waals surface area contributed by atoms with E-state index >= 15 is 0 Å². The van der Waals surface area contributed by atoms with Gasteiger partial charge in [-0.2, -0.15) is 10.2 Å². The Labute approximate surface area is 158 Å². The van der Waals surface area contributed by atoms with E-state index in [1.807, 2.05) is 54.1 Å². The van der Waals surface area contributed by atoms with Gasteiger partial charge in [-0.05, 0) is 24.6 Å². The molecule has 8 nitrogen and oxygen atoms in total. The lowest BCUT2D eigenvalue weighted by Crippen LogP contribution is -2.39. The largest absolute Gasteiger partial charge is 0.351 e. The van der Waals surface area contributed by atoms with Crippen molar-refractivity contribution in [2.75, 3.05) is 13.1 Å². The molecule has 0 radical (unpaired) electrons. The van der Waals surface area contributed by atoms with Crippen LogP contribution in [-0.4, -0.2) is 48.0 Å². The molecule has 142 valence electrons. The lowest BCUT2D eigenvalue weighted by molar-refractivity contribution is 0.0939. The van der Waals surface area contributed by atoms with Crippen molar-refractivity contribution in [3.8, 4) is 0 Å². The summed E-state index contributed by atoms with van der Waals surface area (Å²) in [6.45, 7) is 3.27. The number of hydrogen-bond donors (Lipinski definition) is 1. The summed E-state index contributed by atoms with van der Waals surface area (Å²) < 4.78 is 5.77. The Morgan fingerprint density at radius 1 is 1.30 bits per heavy atom. The Morgan fingerprint density at radius 2 is 2.19 bits per heavy atom. The number of fused-ring (bicyclic) bond motifs is 1. The maximum absolute atomic E-state index is 12.3. The first-order chi connectivity index (χ1) is 13.1. The number of nitrogens with zero attached hydrogens (tertiary/aromatic N) is 6. The molecule has 1 atom stereocenters. The molecule has 4 heterocycles. The molecule has 27 heavy (non-hydrogen) atoms. The Kier molecular flexibility index (Phi) is 4.81. The number of nitrogens with one attached hydrogen (secondary N) is 1. The predicted molar refractivity (Wildman–Crippen MR) is 101 cm³/mol. The summed E-state index contributed by atoms with van der Waals surface area (Å²) >= 11 is 0. The molecule has 0 spiro atoms. The second-order valence-corrected chi connectivity index (χ2v) is 7.16. The van der Waals surface area contributed by atoms with E-state index in [9.17, 15) is 4.79 Å². The summed E-state index contributed by atoms with van der Waals surface area (Å²) in [6, 6.07) is 6.03. The smallest absolute Gasteiger partial charge is 0.267 e. The number of carbonyl (C=O) groups is 1. The lowest BCUT2D eigenvalue weighted by Gasteiger charge is -2.33. The van der Waals surface area contributed by atoms with Crippen LogP contribution in [0.5, 0.6) is 0 Å². The van der Waals surface area contributed by atoms with Crippen molar-refractivity contribution in [3.05, 3.63) is 59.9 Å². The Morgan fingerprint density at radius 3 is 2.93 bits per heavy atom. The van der Waals surface area contributed by atoms with E-state index < -0.39 is 0 Å². The molecule has 0 aromatic carbocycles. The zero-order chi connectivity index (χ0) is 18.8. The van der Waals surface area contributed by atoms with Crippen LogP contribution in [0.2, 0.25) is 0 Å². The average molecular weight is 367 g/mol. The molecule has 0 bridgehead atoms. The minimum atomic E-state index is -0.0359. The molecule has 3 aromatic rings. The third-order valence-corrected chi connectivity index (χ3v) is 5.06. The van der Waals surface area contributed by atoms with Crippen LogP contribution in [-0.2, 0) is 27.2 Å². The topological polar surface area (TPSA) is 72.9 Å². The van der Waals surface area contributed by atoms with Gasteiger partial charge in [0.15, 0.2) is 0 Å². The summed E-state index contributed by atoms with van der Waals surface area (Å²) in [5.41, 5.74) is 3.10. The molecule has 0 saturated heterocycles. The predicted octanol–water partition coefficient (Wildman–Crippen LogP) is 1.33. The normalized spacial score (nSPS) is 17.0. The van der Waals surface area contributed by atoms with E-state index in [0.29, 0.717) is 12.2 Å². The van der Waals surface area contributed by atoms with Crippen molar-refractivity contribution in [1.82, 2.24) is 34.3 Å². The van der Waals surface area contributed by atoms with Gasteiger partial charge in [-0.15, -0.1) is 0 Å². The third-order valence-electron chi connectivity index (χ3n) is 5.06. The van der Waals surface area contributed by atoms with Gasteiger partial charge in [0.2, 0.25) is 0 Å². The molecular weight excluding hydrogens is 342 g/mol. The van der Waals surface area contributed by atoms with E-state index in [1.165, 1.54) is 11.3 Å². The fourth-order valence-corrected chi connectivity index (χ4v) is 3.75.